The number of carboxylic acids is 2. The molecule has 1 atom stereocenters. The number of aliphatic carboxylic acids is 2. The summed E-state index contributed by atoms with van der Waals surface area (Å²) in [6.07, 6.45) is 0.776. The van der Waals surface area contributed by atoms with Gasteiger partial charge in [0.15, 0.2) is 0 Å². The molecule has 0 spiro atoms. The van der Waals surface area contributed by atoms with E-state index in [1.165, 1.54) is 0 Å². The number of carbonyl (C=O) groups is 3. The molecule has 0 fully saturated rings. The van der Waals surface area contributed by atoms with Crippen LogP contribution >= 0.6 is 0 Å². The van der Waals surface area contributed by atoms with Crippen LogP contribution in [-0.2, 0) is 20.8 Å². The molecule has 0 aliphatic carbocycles. The smallest absolute Gasteiger partial charge is 0.323 e. The third-order valence-electron chi connectivity index (χ3n) is 3.32. The molecule has 7 nitrogen and oxygen atoms in total. The van der Waals surface area contributed by atoms with Crippen molar-refractivity contribution in [3.05, 3.63) is 35.4 Å². The molecule has 1 unspecified atom stereocenters. The standard InChI is InChI=1S/C14H16N2O5/c17-11(18)7-16(8-12(19)20)14(21)13-10-4-2-1-3-9(10)5-6-15-13/h1-4,13,15H,5-8H2,(H,17,18)(H,19,20). The average molecular weight is 292 g/mol. The zero-order valence-electron chi connectivity index (χ0n) is 11.3. The lowest BCUT2D eigenvalue weighted by Crippen LogP contribution is -2.47. The van der Waals surface area contributed by atoms with Crippen LogP contribution in [0.25, 0.3) is 0 Å². The Morgan fingerprint density at radius 3 is 2.38 bits per heavy atom. The zero-order chi connectivity index (χ0) is 15.4. The molecule has 1 aromatic rings. The van der Waals surface area contributed by atoms with Gasteiger partial charge in [0.2, 0.25) is 5.91 Å². The van der Waals surface area contributed by atoms with Gasteiger partial charge in [-0.3, -0.25) is 14.4 Å². The van der Waals surface area contributed by atoms with E-state index in [2.05, 4.69) is 5.32 Å². The van der Waals surface area contributed by atoms with Crippen molar-refractivity contribution in [1.82, 2.24) is 10.2 Å². The summed E-state index contributed by atoms with van der Waals surface area (Å²) >= 11 is 0. The second-order valence-corrected chi connectivity index (χ2v) is 4.82. The Morgan fingerprint density at radius 2 is 1.76 bits per heavy atom. The first kappa shape index (κ1) is 15.0. The molecule has 1 heterocycles. The van der Waals surface area contributed by atoms with Crippen LogP contribution in [0.5, 0.6) is 0 Å². The molecule has 112 valence electrons. The fourth-order valence-corrected chi connectivity index (χ4v) is 2.45. The highest BCUT2D eigenvalue weighted by Crippen LogP contribution is 2.24. The Kier molecular flexibility index (Phi) is 4.54. The Morgan fingerprint density at radius 1 is 1.14 bits per heavy atom. The Labute approximate surface area is 121 Å². The molecule has 2 rings (SSSR count). The number of hydrogen-bond acceptors (Lipinski definition) is 4. The number of carboxylic acid groups (broad SMARTS) is 2. The molecule has 0 saturated heterocycles. The van der Waals surface area contributed by atoms with Crippen LogP contribution in [0.3, 0.4) is 0 Å². The van der Waals surface area contributed by atoms with Crippen LogP contribution < -0.4 is 5.32 Å². The van der Waals surface area contributed by atoms with Gasteiger partial charge in [0, 0.05) is 6.54 Å². The number of carbonyl (C=O) groups excluding carboxylic acids is 1. The van der Waals surface area contributed by atoms with Gasteiger partial charge < -0.3 is 20.4 Å². The van der Waals surface area contributed by atoms with E-state index < -0.39 is 37.0 Å². The highest BCUT2D eigenvalue weighted by atomic mass is 16.4. The summed E-state index contributed by atoms with van der Waals surface area (Å²) in [4.78, 5) is 34.9. The van der Waals surface area contributed by atoms with Gasteiger partial charge in [-0.05, 0) is 17.5 Å². The lowest BCUT2D eigenvalue weighted by molar-refractivity contribution is -0.150. The Bertz CT molecular complexity index is 556. The van der Waals surface area contributed by atoms with Crippen molar-refractivity contribution in [2.75, 3.05) is 19.6 Å². The second-order valence-electron chi connectivity index (χ2n) is 4.82. The van der Waals surface area contributed by atoms with Gasteiger partial charge in [0.05, 0.1) is 0 Å². The van der Waals surface area contributed by atoms with Crippen molar-refractivity contribution < 1.29 is 24.6 Å². The summed E-state index contributed by atoms with van der Waals surface area (Å²) in [6.45, 7) is -0.682. The van der Waals surface area contributed by atoms with Gasteiger partial charge >= 0.3 is 11.9 Å². The monoisotopic (exact) mass is 292 g/mol. The van der Waals surface area contributed by atoms with E-state index in [4.69, 9.17) is 10.2 Å². The fourth-order valence-electron chi connectivity index (χ4n) is 2.45. The van der Waals surface area contributed by atoms with Gasteiger partial charge in [0.1, 0.15) is 19.1 Å². The number of amides is 1. The summed E-state index contributed by atoms with van der Waals surface area (Å²) in [5, 5.41) is 20.7. The fraction of sp³-hybridized carbons (Fsp3) is 0.357. The van der Waals surface area contributed by atoms with Gasteiger partial charge in [-0.25, -0.2) is 0 Å². The lowest BCUT2D eigenvalue weighted by atomic mass is 9.93. The average Bonchev–Trinajstić information content (AvgIpc) is 2.44. The van der Waals surface area contributed by atoms with Crippen LogP contribution in [0.1, 0.15) is 17.2 Å². The maximum atomic E-state index is 12.5. The van der Waals surface area contributed by atoms with Gasteiger partial charge in [-0.15, -0.1) is 0 Å². The maximum Gasteiger partial charge on any atom is 0.323 e. The van der Waals surface area contributed by atoms with Crippen molar-refractivity contribution in [3.8, 4) is 0 Å². The number of benzene rings is 1. The summed E-state index contributed by atoms with van der Waals surface area (Å²) in [6, 6.07) is 6.68. The molecule has 0 bridgehead atoms. The van der Waals surface area contributed by atoms with Crippen LogP contribution in [-0.4, -0.2) is 52.6 Å². The molecule has 1 aliphatic heterocycles. The number of rotatable bonds is 5. The third kappa shape index (κ3) is 3.57. The van der Waals surface area contributed by atoms with Crippen molar-refractivity contribution in [3.63, 3.8) is 0 Å². The van der Waals surface area contributed by atoms with E-state index in [1.807, 2.05) is 12.1 Å². The molecule has 0 saturated carbocycles. The Balaban J connectivity index is 2.25. The minimum absolute atomic E-state index is 0.535. The number of hydrogen-bond donors (Lipinski definition) is 3. The van der Waals surface area contributed by atoms with Crippen molar-refractivity contribution in [2.45, 2.75) is 12.5 Å². The molecule has 1 aromatic carbocycles. The van der Waals surface area contributed by atoms with E-state index in [0.717, 1.165) is 22.4 Å². The first-order chi connectivity index (χ1) is 9.99. The molecule has 1 amide bonds. The van der Waals surface area contributed by atoms with Crippen LogP contribution in [0.4, 0.5) is 0 Å². The maximum absolute atomic E-state index is 12.5. The molecule has 7 heteroatoms. The van der Waals surface area contributed by atoms with Crippen LogP contribution in [0.2, 0.25) is 0 Å². The quantitative estimate of drug-likeness (QED) is 0.698. The molecule has 1 aliphatic rings. The molecular formula is C14H16N2O5. The number of fused-ring (bicyclic) bond motifs is 1. The van der Waals surface area contributed by atoms with E-state index in [9.17, 15) is 14.4 Å². The van der Waals surface area contributed by atoms with Crippen LogP contribution in [0.15, 0.2) is 24.3 Å². The largest absolute Gasteiger partial charge is 0.480 e. The number of nitrogens with zero attached hydrogens (tertiary/aromatic N) is 1. The number of nitrogens with one attached hydrogen (secondary N) is 1. The Hall–Kier alpha value is -2.41. The summed E-state index contributed by atoms with van der Waals surface area (Å²) in [5.41, 5.74) is 1.79. The first-order valence-corrected chi connectivity index (χ1v) is 6.52. The minimum atomic E-state index is -1.24. The van der Waals surface area contributed by atoms with E-state index in [-0.39, 0.29) is 0 Å². The van der Waals surface area contributed by atoms with E-state index in [0.29, 0.717) is 6.54 Å². The molecule has 0 radical (unpaired) electrons. The minimum Gasteiger partial charge on any atom is -0.480 e. The normalized spacial score (nSPS) is 16.9. The van der Waals surface area contributed by atoms with Crippen molar-refractivity contribution in [1.29, 1.82) is 0 Å². The van der Waals surface area contributed by atoms with E-state index >= 15 is 0 Å². The lowest BCUT2D eigenvalue weighted by Gasteiger charge is -2.30. The first-order valence-electron chi connectivity index (χ1n) is 6.52. The third-order valence-corrected chi connectivity index (χ3v) is 3.32. The van der Waals surface area contributed by atoms with Crippen molar-refractivity contribution in [2.24, 2.45) is 0 Å². The zero-order valence-corrected chi connectivity index (χ0v) is 11.3. The van der Waals surface area contributed by atoms with Gasteiger partial charge in [-0.2, -0.15) is 0 Å². The summed E-state index contributed by atoms with van der Waals surface area (Å²) in [7, 11) is 0. The molecular weight excluding hydrogens is 276 g/mol. The molecule has 3 N–H and O–H groups in total. The van der Waals surface area contributed by atoms with Crippen LogP contribution in [0, 0.1) is 0 Å². The summed E-state index contributed by atoms with van der Waals surface area (Å²) < 4.78 is 0. The predicted molar refractivity (Wildman–Crippen MR) is 72.7 cm³/mol. The second kappa shape index (κ2) is 6.36. The highest BCUT2D eigenvalue weighted by Gasteiger charge is 2.31. The predicted octanol–water partition coefficient (Wildman–Crippen LogP) is -0.129. The molecule has 0 aromatic heterocycles. The SMILES string of the molecule is O=C(O)CN(CC(=O)O)C(=O)C1NCCc2ccccc21. The van der Waals surface area contributed by atoms with Crippen molar-refractivity contribution >= 4 is 17.8 Å². The van der Waals surface area contributed by atoms with Gasteiger partial charge in [-0.1, -0.05) is 24.3 Å². The van der Waals surface area contributed by atoms with Gasteiger partial charge in [0.25, 0.3) is 0 Å². The summed E-state index contributed by atoms with van der Waals surface area (Å²) in [5.74, 6) is -3.02. The molecule has 21 heavy (non-hydrogen) atoms. The topological polar surface area (TPSA) is 107 Å². The highest BCUT2D eigenvalue weighted by molar-refractivity contribution is 5.89. The van der Waals surface area contributed by atoms with E-state index in [1.54, 1.807) is 12.1 Å².